The Balaban J connectivity index is 1.73. The van der Waals surface area contributed by atoms with Gasteiger partial charge in [-0.05, 0) is 38.0 Å². The Kier molecular flexibility index (Phi) is 4.23. The van der Waals surface area contributed by atoms with Crippen LogP contribution in [0.3, 0.4) is 0 Å². The van der Waals surface area contributed by atoms with Crippen LogP contribution in [0.5, 0.6) is 5.75 Å². The molecule has 1 aromatic heterocycles. The number of likely N-dealkylation sites (tertiary alicyclic amines) is 1. The summed E-state index contributed by atoms with van der Waals surface area (Å²) < 4.78 is 6.01. The van der Waals surface area contributed by atoms with E-state index in [-0.39, 0.29) is 12.0 Å². The van der Waals surface area contributed by atoms with E-state index in [2.05, 4.69) is 4.98 Å². The van der Waals surface area contributed by atoms with E-state index in [9.17, 15) is 9.59 Å². The van der Waals surface area contributed by atoms with Gasteiger partial charge in [0.1, 0.15) is 11.9 Å². The molecule has 1 aliphatic heterocycles. The number of H-pyrrole nitrogens is 1. The number of carboxylic acid groups (broad SMARTS) is 1. The number of nitrogens with one attached hydrogen (secondary N) is 1. The number of aromatic amines is 1. The van der Waals surface area contributed by atoms with E-state index < -0.39 is 6.09 Å². The molecule has 1 saturated heterocycles. The van der Waals surface area contributed by atoms with Crippen molar-refractivity contribution in [2.75, 3.05) is 13.1 Å². The molecule has 1 aliphatic rings. The maximum absolute atomic E-state index is 11.1. The molecule has 0 saturated carbocycles. The van der Waals surface area contributed by atoms with Crippen molar-refractivity contribution >= 4 is 23.3 Å². The Morgan fingerprint density at radius 3 is 3.09 bits per heavy atom. The van der Waals surface area contributed by atoms with Crippen molar-refractivity contribution < 1.29 is 19.4 Å². The number of amides is 1. The van der Waals surface area contributed by atoms with Crippen LogP contribution in [0.4, 0.5) is 4.79 Å². The molecule has 1 amide bonds. The highest BCUT2D eigenvalue weighted by atomic mass is 16.5. The van der Waals surface area contributed by atoms with Gasteiger partial charge in [0.25, 0.3) is 0 Å². The zero-order valence-corrected chi connectivity index (χ0v) is 13.0. The smallest absolute Gasteiger partial charge is 0.407 e. The fraction of sp³-hybridized carbons (Fsp3) is 0.412. The molecule has 0 radical (unpaired) electrons. The number of rotatable bonds is 4. The molecule has 3 rings (SSSR count). The van der Waals surface area contributed by atoms with E-state index in [1.54, 1.807) is 6.20 Å². The minimum atomic E-state index is -0.869. The van der Waals surface area contributed by atoms with Crippen LogP contribution >= 0.6 is 0 Å². The molecule has 2 N–H and O–H groups in total. The van der Waals surface area contributed by atoms with Crippen molar-refractivity contribution in [3.05, 3.63) is 30.0 Å². The fourth-order valence-electron chi connectivity index (χ4n) is 3.17. The molecule has 0 spiro atoms. The number of aromatic nitrogens is 1. The summed E-state index contributed by atoms with van der Waals surface area (Å²) in [4.78, 5) is 26.7. The number of carbonyl (C=O) groups is 2. The minimum Gasteiger partial charge on any atom is -0.490 e. The number of ether oxygens (including phenoxy) is 1. The molecule has 2 aromatic rings. The first-order chi connectivity index (χ1) is 11.1. The van der Waals surface area contributed by atoms with Crippen molar-refractivity contribution in [2.45, 2.75) is 25.9 Å². The summed E-state index contributed by atoms with van der Waals surface area (Å²) in [5.74, 6) is 0.868. The summed E-state index contributed by atoms with van der Waals surface area (Å²) in [7, 11) is 0. The third-order valence-corrected chi connectivity index (χ3v) is 4.53. The van der Waals surface area contributed by atoms with Crippen LogP contribution in [0.15, 0.2) is 24.4 Å². The van der Waals surface area contributed by atoms with Crippen LogP contribution in [0, 0.1) is 5.92 Å². The molecule has 6 nitrogen and oxygen atoms in total. The van der Waals surface area contributed by atoms with Crippen LogP contribution in [0.25, 0.3) is 10.9 Å². The quantitative estimate of drug-likeness (QED) is 0.849. The highest BCUT2D eigenvalue weighted by Gasteiger charge is 2.28. The van der Waals surface area contributed by atoms with Crippen molar-refractivity contribution in [2.24, 2.45) is 5.92 Å². The maximum Gasteiger partial charge on any atom is 0.407 e. The molecule has 2 atom stereocenters. The number of fused-ring (bicyclic) bond motifs is 1. The zero-order chi connectivity index (χ0) is 16.4. The van der Waals surface area contributed by atoms with Gasteiger partial charge in [-0.3, -0.25) is 4.79 Å². The zero-order valence-electron chi connectivity index (χ0n) is 13.0. The molecule has 2 heterocycles. The summed E-state index contributed by atoms with van der Waals surface area (Å²) in [6.07, 6.45) is 3.35. The van der Waals surface area contributed by atoms with Gasteiger partial charge < -0.3 is 19.7 Å². The van der Waals surface area contributed by atoms with Gasteiger partial charge >= 0.3 is 6.09 Å². The highest BCUT2D eigenvalue weighted by Crippen LogP contribution is 2.27. The lowest BCUT2D eigenvalue weighted by Gasteiger charge is -2.34. The van der Waals surface area contributed by atoms with E-state index in [1.807, 2.05) is 25.1 Å². The van der Waals surface area contributed by atoms with Crippen LogP contribution in [0.2, 0.25) is 0 Å². The molecule has 2 unspecified atom stereocenters. The largest absolute Gasteiger partial charge is 0.490 e. The van der Waals surface area contributed by atoms with Crippen molar-refractivity contribution in [3.63, 3.8) is 0 Å². The number of aldehydes is 1. The van der Waals surface area contributed by atoms with E-state index in [0.717, 1.165) is 30.0 Å². The van der Waals surface area contributed by atoms with Crippen LogP contribution in [-0.2, 0) is 0 Å². The number of carbonyl (C=O) groups excluding carboxylic acids is 1. The second-order valence-corrected chi connectivity index (χ2v) is 6.02. The topological polar surface area (TPSA) is 82.6 Å². The van der Waals surface area contributed by atoms with E-state index in [4.69, 9.17) is 9.84 Å². The fourth-order valence-corrected chi connectivity index (χ4v) is 3.17. The molecule has 1 aromatic carbocycles. The Bertz CT molecular complexity index is 724. The van der Waals surface area contributed by atoms with Crippen LogP contribution < -0.4 is 4.74 Å². The van der Waals surface area contributed by atoms with Gasteiger partial charge in [-0.2, -0.15) is 0 Å². The SMILES string of the molecule is CC(Oc1ccc2[nH]cc(C=O)c2c1)C1CCCN(C(=O)O)C1. The molecule has 122 valence electrons. The molecular weight excluding hydrogens is 296 g/mol. The predicted octanol–water partition coefficient (Wildman–Crippen LogP) is 3.14. The first kappa shape index (κ1) is 15.4. The first-order valence-electron chi connectivity index (χ1n) is 7.79. The van der Waals surface area contributed by atoms with Crippen molar-refractivity contribution in [3.8, 4) is 5.75 Å². The number of benzene rings is 1. The summed E-state index contributed by atoms with van der Waals surface area (Å²) in [6.45, 7) is 3.07. The maximum atomic E-state index is 11.1. The van der Waals surface area contributed by atoms with E-state index >= 15 is 0 Å². The lowest BCUT2D eigenvalue weighted by atomic mass is 9.93. The van der Waals surface area contributed by atoms with Gasteiger partial charge in [-0.25, -0.2) is 4.79 Å². The summed E-state index contributed by atoms with van der Waals surface area (Å²) in [5.41, 5.74) is 1.50. The molecule has 0 aliphatic carbocycles. The van der Waals surface area contributed by atoms with Gasteiger partial charge in [0.05, 0.1) is 0 Å². The molecule has 1 fully saturated rings. The number of hydrogen-bond donors (Lipinski definition) is 2. The Hall–Kier alpha value is -2.50. The predicted molar refractivity (Wildman–Crippen MR) is 86.1 cm³/mol. The van der Waals surface area contributed by atoms with Crippen molar-refractivity contribution in [1.29, 1.82) is 0 Å². The average Bonchev–Trinajstić information content (AvgIpc) is 2.97. The Morgan fingerprint density at radius 1 is 1.52 bits per heavy atom. The Labute approximate surface area is 134 Å². The van der Waals surface area contributed by atoms with Gasteiger partial charge in [0, 0.05) is 41.7 Å². The standard InChI is InChI=1S/C17H20N2O4/c1-11(12-3-2-6-19(9-12)17(21)22)23-14-4-5-16-15(7-14)13(10-20)8-18-16/h4-5,7-8,10-12,18H,2-3,6,9H2,1H3,(H,21,22). The molecule has 23 heavy (non-hydrogen) atoms. The monoisotopic (exact) mass is 316 g/mol. The summed E-state index contributed by atoms with van der Waals surface area (Å²) >= 11 is 0. The molecular formula is C17H20N2O4. The van der Waals surface area contributed by atoms with Crippen LogP contribution in [-0.4, -0.2) is 46.6 Å². The number of piperidine rings is 1. The average molecular weight is 316 g/mol. The van der Waals surface area contributed by atoms with E-state index in [0.29, 0.717) is 24.4 Å². The highest BCUT2D eigenvalue weighted by molar-refractivity contribution is 5.97. The summed E-state index contributed by atoms with van der Waals surface area (Å²) in [5, 5.41) is 9.96. The normalized spacial score (nSPS) is 19.5. The third kappa shape index (κ3) is 3.16. The minimum absolute atomic E-state index is 0.0896. The third-order valence-electron chi connectivity index (χ3n) is 4.53. The first-order valence-corrected chi connectivity index (χ1v) is 7.79. The lowest BCUT2D eigenvalue weighted by Crippen LogP contribution is -2.43. The van der Waals surface area contributed by atoms with Crippen LogP contribution in [0.1, 0.15) is 30.1 Å². The van der Waals surface area contributed by atoms with Gasteiger partial charge in [0.15, 0.2) is 6.29 Å². The lowest BCUT2D eigenvalue weighted by molar-refractivity contribution is 0.0733. The second-order valence-electron chi connectivity index (χ2n) is 6.02. The second kappa shape index (κ2) is 6.32. The van der Waals surface area contributed by atoms with Gasteiger partial charge in [-0.15, -0.1) is 0 Å². The molecule has 6 heteroatoms. The van der Waals surface area contributed by atoms with E-state index in [1.165, 1.54) is 4.90 Å². The Morgan fingerprint density at radius 2 is 2.35 bits per heavy atom. The number of hydrogen-bond acceptors (Lipinski definition) is 3. The summed E-state index contributed by atoms with van der Waals surface area (Å²) in [6, 6.07) is 5.60. The van der Waals surface area contributed by atoms with Gasteiger partial charge in [-0.1, -0.05) is 0 Å². The van der Waals surface area contributed by atoms with Crippen molar-refractivity contribution in [1.82, 2.24) is 9.88 Å². The van der Waals surface area contributed by atoms with Gasteiger partial charge in [0.2, 0.25) is 0 Å². The number of nitrogens with zero attached hydrogens (tertiary/aromatic N) is 1. The molecule has 0 bridgehead atoms.